The largest absolute Gasteiger partial charge is 0.319 e. The SMILES string of the molecule is Cc1ccc(-n2nc(C(=O)Nc3ccc4ccccc4c3)nc2-c2ccc(Cl)cc2)cc1C. The Morgan fingerprint density at radius 1 is 0.848 bits per heavy atom. The second-order valence-electron chi connectivity index (χ2n) is 7.96. The average molecular weight is 453 g/mol. The van der Waals surface area contributed by atoms with Crippen molar-refractivity contribution in [2.24, 2.45) is 0 Å². The van der Waals surface area contributed by atoms with Crippen LogP contribution in [0.4, 0.5) is 5.69 Å². The minimum Gasteiger partial charge on any atom is -0.319 e. The minimum atomic E-state index is -0.372. The molecule has 5 nitrogen and oxygen atoms in total. The number of amides is 1. The first kappa shape index (κ1) is 20.9. The van der Waals surface area contributed by atoms with E-state index in [1.165, 1.54) is 5.56 Å². The predicted octanol–water partition coefficient (Wildman–Crippen LogP) is 6.61. The Morgan fingerprint density at radius 2 is 1.61 bits per heavy atom. The van der Waals surface area contributed by atoms with E-state index in [4.69, 9.17) is 11.6 Å². The van der Waals surface area contributed by atoms with Gasteiger partial charge in [0.2, 0.25) is 5.82 Å². The van der Waals surface area contributed by atoms with Crippen LogP contribution < -0.4 is 5.32 Å². The van der Waals surface area contributed by atoms with Gasteiger partial charge in [0.05, 0.1) is 5.69 Å². The molecular formula is C27H21ClN4O. The van der Waals surface area contributed by atoms with Gasteiger partial charge in [0.15, 0.2) is 5.82 Å². The molecule has 0 saturated heterocycles. The van der Waals surface area contributed by atoms with Crippen LogP contribution in [0, 0.1) is 13.8 Å². The second kappa shape index (κ2) is 8.52. The third-order valence-electron chi connectivity index (χ3n) is 5.66. The van der Waals surface area contributed by atoms with Crippen molar-refractivity contribution < 1.29 is 4.79 Å². The Labute approximate surface area is 196 Å². The third-order valence-corrected chi connectivity index (χ3v) is 5.91. The molecule has 4 aromatic carbocycles. The lowest BCUT2D eigenvalue weighted by molar-refractivity contribution is 0.101. The molecule has 1 heterocycles. The summed E-state index contributed by atoms with van der Waals surface area (Å²) in [5.74, 6) is 0.285. The molecule has 0 radical (unpaired) electrons. The molecule has 0 unspecified atom stereocenters. The Morgan fingerprint density at radius 3 is 2.36 bits per heavy atom. The number of fused-ring (bicyclic) bond motifs is 1. The molecule has 0 fully saturated rings. The lowest BCUT2D eigenvalue weighted by Crippen LogP contribution is -2.14. The highest BCUT2D eigenvalue weighted by atomic mass is 35.5. The molecule has 5 aromatic rings. The molecule has 5 rings (SSSR count). The Balaban J connectivity index is 1.54. The van der Waals surface area contributed by atoms with E-state index in [2.05, 4.69) is 22.3 Å². The number of aryl methyl sites for hydroxylation is 2. The van der Waals surface area contributed by atoms with Crippen LogP contribution in [0.2, 0.25) is 5.02 Å². The van der Waals surface area contributed by atoms with E-state index in [-0.39, 0.29) is 11.7 Å². The first-order valence-corrected chi connectivity index (χ1v) is 11.0. The quantitative estimate of drug-likeness (QED) is 0.333. The molecule has 0 aliphatic carbocycles. The number of carbonyl (C=O) groups excluding carboxylic acids is 1. The number of halogens is 1. The van der Waals surface area contributed by atoms with Crippen LogP contribution in [-0.4, -0.2) is 20.7 Å². The number of nitrogens with zero attached hydrogens (tertiary/aromatic N) is 3. The molecule has 33 heavy (non-hydrogen) atoms. The van der Waals surface area contributed by atoms with Gasteiger partial charge in [0.25, 0.3) is 5.91 Å². The highest BCUT2D eigenvalue weighted by molar-refractivity contribution is 6.30. The monoisotopic (exact) mass is 452 g/mol. The van der Waals surface area contributed by atoms with Gasteiger partial charge in [0, 0.05) is 16.3 Å². The number of carbonyl (C=O) groups is 1. The van der Waals surface area contributed by atoms with Crippen molar-refractivity contribution in [1.82, 2.24) is 14.8 Å². The number of benzene rings is 4. The Bertz CT molecular complexity index is 1490. The fraction of sp³-hybridized carbons (Fsp3) is 0.0741. The summed E-state index contributed by atoms with van der Waals surface area (Å²) < 4.78 is 1.70. The molecule has 0 bridgehead atoms. The van der Waals surface area contributed by atoms with E-state index in [0.29, 0.717) is 16.5 Å². The van der Waals surface area contributed by atoms with Crippen molar-refractivity contribution in [2.45, 2.75) is 13.8 Å². The second-order valence-corrected chi connectivity index (χ2v) is 8.40. The maximum atomic E-state index is 13.1. The molecule has 1 N–H and O–H groups in total. The van der Waals surface area contributed by atoms with E-state index < -0.39 is 0 Å². The number of aromatic nitrogens is 3. The summed E-state index contributed by atoms with van der Waals surface area (Å²) >= 11 is 6.07. The molecular weight excluding hydrogens is 432 g/mol. The van der Waals surface area contributed by atoms with Gasteiger partial charge in [-0.2, -0.15) is 0 Å². The molecule has 0 saturated carbocycles. The number of rotatable bonds is 4. The summed E-state index contributed by atoms with van der Waals surface area (Å²) in [7, 11) is 0. The van der Waals surface area contributed by atoms with Gasteiger partial charge < -0.3 is 5.32 Å². The van der Waals surface area contributed by atoms with E-state index in [0.717, 1.165) is 27.6 Å². The molecule has 1 amide bonds. The van der Waals surface area contributed by atoms with Crippen LogP contribution in [0.3, 0.4) is 0 Å². The molecule has 1 aromatic heterocycles. The van der Waals surface area contributed by atoms with Gasteiger partial charge in [-0.05, 0) is 84.3 Å². The van der Waals surface area contributed by atoms with Crippen LogP contribution in [0.15, 0.2) is 84.9 Å². The van der Waals surface area contributed by atoms with Gasteiger partial charge in [-0.25, -0.2) is 9.67 Å². The summed E-state index contributed by atoms with van der Waals surface area (Å²) in [6, 6.07) is 27.2. The van der Waals surface area contributed by atoms with Gasteiger partial charge >= 0.3 is 0 Å². The Kier molecular flexibility index (Phi) is 5.40. The average Bonchev–Trinajstić information content (AvgIpc) is 3.27. The molecule has 0 aliphatic rings. The fourth-order valence-corrected chi connectivity index (χ4v) is 3.81. The van der Waals surface area contributed by atoms with Crippen molar-refractivity contribution >= 4 is 34.0 Å². The van der Waals surface area contributed by atoms with E-state index >= 15 is 0 Å². The molecule has 0 spiro atoms. The van der Waals surface area contributed by atoms with Crippen LogP contribution >= 0.6 is 11.6 Å². The predicted molar refractivity (Wildman–Crippen MR) is 133 cm³/mol. The van der Waals surface area contributed by atoms with Crippen LogP contribution in [0.25, 0.3) is 27.8 Å². The summed E-state index contributed by atoms with van der Waals surface area (Å²) in [6.45, 7) is 4.11. The summed E-state index contributed by atoms with van der Waals surface area (Å²) in [5.41, 5.74) is 4.65. The minimum absolute atomic E-state index is 0.0892. The van der Waals surface area contributed by atoms with Gasteiger partial charge in [0.1, 0.15) is 0 Å². The zero-order valence-electron chi connectivity index (χ0n) is 18.2. The van der Waals surface area contributed by atoms with Crippen LogP contribution in [0.1, 0.15) is 21.7 Å². The van der Waals surface area contributed by atoms with Crippen LogP contribution in [0.5, 0.6) is 0 Å². The third kappa shape index (κ3) is 4.23. The van der Waals surface area contributed by atoms with Crippen LogP contribution in [-0.2, 0) is 0 Å². The maximum Gasteiger partial charge on any atom is 0.295 e. The molecule has 0 atom stereocenters. The van der Waals surface area contributed by atoms with Crippen molar-refractivity contribution in [3.05, 3.63) is 107 Å². The van der Waals surface area contributed by atoms with E-state index in [9.17, 15) is 4.79 Å². The van der Waals surface area contributed by atoms with E-state index in [1.54, 1.807) is 16.8 Å². The topological polar surface area (TPSA) is 59.8 Å². The number of anilines is 1. The van der Waals surface area contributed by atoms with Crippen molar-refractivity contribution in [2.75, 3.05) is 5.32 Å². The zero-order valence-corrected chi connectivity index (χ0v) is 19.0. The van der Waals surface area contributed by atoms with Gasteiger partial charge in [-0.3, -0.25) is 4.79 Å². The van der Waals surface area contributed by atoms with Gasteiger partial charge in [-0.1, -0.05) is 48.0 Å². The summed E-state index contributed by atoms with van der Waals surface area (Å²) in [4.78, 5) is 17.7. The van der Waals surface area contributed by atoms with Gasteiger partial charge in [-0.15, -0.1) is 5.10 Å². The van der Waals surface area contributed by atoms with Crippen molar-refractivity contribution in [3.8, 4) is 17.1 Å². The fourth-order valence-electron chi connectivity index (χ4n) is 3.69. The van der Waals surface area contributed by atoms with Crippen molar-refractivity contribution in [3.63, 3.8) is 0 Å². The standard InChI is InChI=1S/C27H21ClN4O/c1-17-7-14-24(15-18(17)2)32-26(20-8-11-22(28)12-9-20)30-25(31-32)27(33)29-23-13-10-19-5-3-4-6-21(19)16-23/h3-16H,1-2H3,(H,29,33). The highest BCUT2D eigenvalue weighted by Crippen LogP contribution is 2.25. The normalized spacial score (nSPS) is 11.0. The first-order chi connectivity index (χ1) is 16.0. The Hall–Kier alpha value is -3.96. The smallest absolute Gasteiger partial charge is 0.295 e. The first-order valence-electron chi connectivity index (χ1n) is 10.6. The van der Waals surface area contributed by atoms with Crippen molar-refractivity contribution in [1.29, 1.82) is 0 Å². The molecule has 0 aliphatic heterocycles. The highest BCUT2D eigenvalue weighted by Gasteiger charge is 2.19. The summed E-state index contributed by atoms with van der Waals surface area (Å²) in [6.07, 6.45) is 0. The van der Waals surface area contributed by atoms with E-state index in [1.807, 2.05) is 79.7 Å². The lowest BCUT2D eigenvalue weighted by atomic mass is 10.1. The maximum absolute atomic E-state index is 13.1. The number of hydrogen-bond acceptors (Lipinski definition) is 3. The summed E-state index contributed by atoms with van der Waals surface area (Å²) in [5, 5.41) is 10.3. The lowest BCUT2D eigenvalue weighted by Gasteiger charge is -2.08. The molecule has 162 valence electrons. The number of nitrogens with one attached hydrogen (secondary N) is 1. The molecule has 6 heteroatoms. The zero-order chi connectivity index (χ0) is 22.9. The number of hydrogen-bond donors (Lipinski definition) is 1.